The van der Waals surface area contributed by atoms with Crippen molar-refractivity contribution in [1.29, 1.82) is 0 Å². The number of piperidine rings is 1. The van der Waals surface area contributed by atoms with Crippen LogP contribution in [0, 0.1) is 0 Å². The third-order valence-corrected chi connectivity index (χ3v) is 6.25. The van der Waals surface area contributed by atoms with E-state index >= 15 is 0 Å². The van der Waals surface area contributed by atoms with Gasteiger partial charge in [0, 0.05) is 18.6 Å². The third kappa shape index (κ3) is 4.29. The van der Waals surface area contributed by atoms with E-state index in [1.807, 2.05) is 25.2 Å². The summed E-state index contributed by atoms with van der Waals surface area (Å²) in [6.07, 6.45) is 2.75. The molecule has 2 aromatic rings. The van der Waals surface area contributed by atoms with Gasteiger partial charge in [0.15, 0.2) is 0 Å². The molecule has 1 aliphatic rings. The van der Waals surface area contributed by atoms with Gasteiger partial charge in [-0.25, -0.2) is 0 Å². The van der Waals surface area contributed by atoms with Gasteiger partial charge in [0.2, 0.25) is 5.91 Å². The summed E-state index contributed by atoms with van der Waals surface area (Å²) in [5.74, 6) is 0.194. The highest BCUT2D eigenvalue weighted by Gasteiger charge is 2.40. The molecule has 1 atom stereocenters. The molecule has 0 spiro atoms. The Balaban J connectivity index is 1.76. The highest BCUT2D eigenvalue weighted by molar-refractivity contribution is 5.84. The third-order valence-electron chi connectivity index (χ3n) is 6.25. The zero-order chi connectivity index (χ0) is 20.0. The fraction of sp³-hybridized carbons (Fsp3) is 0.458. The first kappa shape index (κ1) is 20.6. The Labute approximate surface area is 169 Å². The molecule has 2 aromatic carbocycles. The lowest BCUT2D eigenvalue weighted by Crippen LogP contribution is -2.52. The molecule has 0 saturated carbocycles. The molecule has 3 rings (SSSR count). The molecule has 4 heteroatoms. The van der Waals surface area contributed by atoms with Crippen LogP contribution in [0.1, 0.15) is 36.3 Å². The Morgan fingerprint density at radius 3 is 2.14 bits per heavy atom. The van der Waals surface area contributed by atoms with E-state index in [-0.39, 0.29) is 17.4 Å². The van der Waals surface area contributed by atoms with Crippen LogP contribution in [-0.2, 0) is 10.3 Å². The molecule has 0 aliphatic carbocycles. The van der Waals surface area contributed by atoms with Crippen molar-refractivity contribution >= 4 is 5.91 Å². The first-order valence-electron chi connectivity index (χ1n) is 10.3. The van der Waals surface area contributed by atoms with Crippen LogP contribution in [0.3, 0.4) is 0 Å². The zero-order valence-corrected chi connectivity index (χ0v) is 17.4. The summed E-state index contributed by atoms with van der Waals surface area (Å²) in [5, 5.41) is 3.20. The van der Waals surface area contributed by atoms with E-state index in [2.05, 4.69) is 71.7 Å². The van der Waals surface area contributed by atoms with Crippen molar-refractivity contribution in [3.63, 3.8) is 0 Å². The van der Waals surface area contributed by atoms with Gasteiger partial charge in [-0.15, -0.1) is 0 Å². The number of hydrogen-bond acceptors (Lipinski definition) is 3. The highest BCUT2D eigenvalue weighted by atomic mass is 16.2. The van der Waals surface area contributed by atoms with Crippen molar-refractivity contribution in [2.45, 2.75) is 30.7 Å². The molecule has 150 valence electrons. The fourth-order valence-electron chi connectivity index (χ4n) is 4.47. The van der Waals surface area contributed by atoms with Gasteiger partial charge in [-0.1, -0.05) is 60.7 Å². The molecule has 0 radical (unpaired) electrons. The maximum atomic E-state index is 13.4. The Morgan fingerprint density at radius 1 is 1.04 bits per heavy atom. The molecule has 1 amide bonds. The lowest BCUT2D eigenvalue weighted by Gasteiger charge is -2.47. The van der Waals surface area contributed by atoms with Gasteiger partial charge in [0.25, 0.3) is 0 Å². The normalized spacial score (nSPS) is 17.5. The van der Waals surface area contributed by atoms with E-state index in [9.17, 15) is 4.79 Å². The molecular weight excluding hydrogens is 346 g/mol. The van der Waals surface area contributed by atoms with Crippen molar-refractivity contribution in [3.8, 4) is 0 Å². The standard InChI is InChI=1S/C24H33N3O/c1-25-17-14-22(20-10-6-4-7-11-20)23(28)27-18-15-24(16-19-27,26(2)3)21-12-8-5-9-13-21/h4-13,22,25H,14-19H2,1-3H3. The van der Waals surface area contributed by atoms with Crippen LogP contribution in [-0.4, -0.2) is 56.5 Å². The van der Waals surface area contributed by atoms with Crippen LogP contribution in [0.2, 0.25) is 0 Å². The van der Waals surface area contributed by atoms with Gasteiger partial charge in [0.05, 0.1) is 5.92 Å². The largest absolute Gasteiger partial charge is 0.342 e. The number of rotatable bonds is 7. The second-order valence-electron chi connectivity index (χ2n) is 7.97. The van der Waals surface area contributed by atoms with Crippen LogP contribution < -0.4 is 5.32 Å². The summed E-state index contributed by atoms with van der Waals surface area (Å²) in [5.41, 5.74) is 2.47. The average Bonchev–Trinajstić information content (AvgIpc) is 2.75. The van der Waals surface area contributed by atoms with Crippen LogP contribution in [0.4, 0.5) is 0 Å². The Bertz CT molecular complexity index is 737. The maximum Gasteiger partial charge on any atom is 0.230 e. The molecule has 0 bridgehead atoms. The van der Waals surface area contributed by atoms with Crippen molar-refractivity contribution in [3.05, 3.63) is 71.8 Å². The minimum absolute atomic E-state index is 0.00522. The molecule has 1 saturated heterocycles. The smallest absolute Gasteiger partial charge is 0.230 e. The number of carbonyl (C=O) groups is 1. The second-order valence-corrected chi connectivity index (χ2v) is 7.97. The quantitative estimate of drug-likeness (QED) is 0.800. The van der Waals surface area contributed by atoms with Crippen LogP contribution in [0.25, 0.3) is 0 Å². The van der Waals surface area contributed by atoms with E-state index in [0.717, 1.165) is 44.5 Å². The number of nitrogens with zero attached hydrogens (tertiary/aromatic N) is 2. The summed E-state index contributed by atoms with van der Waals surface area (Å²) in [7, 11) is 6.26. The summed E-state index contributed by atoms with van der Waals surface area (Å²) < 4.78 is 0. The molecule has 4 nitrogen and oxygen atoms in total. The summed E-state index contributed by atoms with van der Waals surface area (Å²) in [6.45, 7) is 2.44. The average molecular weight is 380 g/mol. The molecule has 1 aliphatic heterocycles. The number of benzene rings is 2. The van der Waals surface area contributed by atoms with E-state index < -0.39 is 0 Å². The highest BCUT2D eigenvalue weighted by Crippen LogP contribution is 2.38. The minimum Gasteiger partial charge on any atom is -0.342 e. The van der Waals surface area contributed by atoms with Crippen molar-refractivity contribution < 1.29 is 4.79 Å². The monoisotopic (exact) mass is 379 g/mol. The molecule has 1 fully saturated rings. The Morgan fingerprint density at radius 2 is 1.61 bits per heavy atom. The number of carbonyl (C=O) groups excluding carboxylic acids is 1. The van der Waals surface area contributed by atoms with Gasteiger partial charge in [-0.3, -0.25) is 9.69 Å². The summed E-state index contributed by atoms with van der Waals surface area (Å²) in [4.78, 5) is 17.8. The SMILES string of the molecule is CNCCC(C(=O)N1CCC(c2ccccc2)(N(C)C)CC1)c1ccccc1. The van der Waals surface area contributed by atoms with E-state index in [1.165, 1.54) is 5.56 Å². The van der Waals surface area contributed by atoms with E-state index in [4.69, 9.17) is 0 Å². The van der Waals surface area contributed by atoms with Crippen LogP contribution in [0.5, 0.6) is 0 Å². The van der Waals surface area contributed by atoms with Crippen molar-refractivity contribution in [2.24, 2.45) is 0 Å². The van der Waals surface area contributed by atoms with Crippen LogP contribution >= 0.6 is 0 Å². The van der Waals surface area contributed by atoms with Gasteiger partial charge < -0.3 is 10.2 Å². The molecule has 28 heavy (non-hydrogen) atoms. The first-order chi connectivity index (χ1) is 13.6. The first-order valence-corrected chi connectivity index (χ1v) is 10.3. The van der Waals surface area contributed by atoms with Crippen molar-refractivity contribution in [1.82, 2.24) is 15.1 Å². The van der Waals surface area contributed by atoms with Crippen LogP contribution in [0.15, 0.2) is 60.7 Å². The molecular formula is C24H33N3O. The zero-order valence-electron chi connectivity index (χ0n) is 17.4. The van der Waals surface area contributed by atoms with Gasteiger partial charge in [0.1, 0.15) is 0 Å². The predicted octanol–water partition coefficient (Wildman–Crippen LogP) is 3.46. The number of amides is 1. The number of hydrogen-bond donors (Lipinski definition) is 1. The Kier molecular flexibility index (Phi) is 6.87. The number of nitrogens with one attached hydrogen (secondary N) is 1. The fourth-order valence-corrected chi connectivity index (χ4v) is 4.47. The topological polar surface area (TPSA) is 35.6 Å². The van der Waals surface area contributed by atoms with Gasteiger partial charge >= 0.3 is 0 Å². The minimum atomic E-state index is -0.0720. The molecule has 1 heterocycles. The van der Waals surface area contributed by atoms with Crippen molar-refractivity contribution in [2.75, 3.05) is 40.8 Å². The maximum absolute atomic E-state index is 13.4. The second kappa shape index (κ2) is 9.35. The number of likely N-dealkylation sites (tertiary alicyclic amines) is 1. The lowest BCUT2D eigenvalue weighted by molar-refractivity contribution is -0.135. The van der Waals surface area contributed by atoms with E-state index in [0.29, 0.717) is 0 Å². The molecule has 0 aromatic heterocycles. The predicted molar refractivity (Wildman–Crippen MR) is 115 cm³/mol. The Hall–Kier alpha value is -2.17. The van der Waals surface area contributed by atoms with Gasteiger partial charge in [-0.05, 0) is 58.1 Å². The summed E-state index contributed by atoms with van der Waals surface area (Å²) in [6, 6.07) is 21.0. The summed E-state index contributed by atoms with van der Waals surface area (Å²) >= 11 is 0. The molecule has 1 unspecified atom stereocenters. The lowest BCUT2D eigenvalue weighted by atomic mass is 9.79. The van der Waals surface area contributed by atoms with E-state index in [1.54, 1.807) is 0 Å². The van der Waals surface area contributed by atoms with Gasteiger partial charge in [-0.2, -0.15) is 0 Å². The molecule has 1 N–H and O–H groups in total.